The molecule has 1 heterocycles. The molecule has 0 fully saturated rings. The molecule has 0 saturated carbocycles. The monoisotopic (exact) mass is 394 g/mol. The Balaban J connectivity index is 1.38. The van der Waals surface area contributed by atoms with Crippen LogP contribution in [-0.2, 0) is 4.79 Å². The molecular formula is C25H18N2O3. The average Bonchev–Trinajstić information content (AvgIpc) is 3.22. The van der Waals surface area contributed by atoms with Crippen LogP contribution in [0.5, 0.6) is 5.75 Å². The largest absolute Gasteiger partial charge is 0.484 e. The number of nitriles is 1. The number of hydrogen-bond donors (Lipinski definition) is 1. The highest BCUT2D eigenvalue weighted by Crippen LogP contribution is 2.28. The lowest BCUT2D eigenvalue weighted by Crippen LogP contribution is -2.20. The van der Waals surface area contributed by atoms with E-state index in [1.54, 1.807) is 6.07 Å². The van der Waals surface area contributed by atoms with Gasteiger partial charge in [0.2, 0.25) is 5.88 Å². The second kappa shape index (κ2) is 8.80. The number of nitrogens with one attached hydrogen (secondary N) is 1. The first-order chi connectivity index (χ1) is 14.7. The van der Waals surface area contributed by atoms with Gasteiger partial charge >= 0.3 is 0 Å². The zero-order valence-corrected chi connectivity index (χ0v) is 16.0. The standard InChI is InChI=1S/C25H18N2O3/c26-16-21-15-23(20-9-5-2-6-10-20)30-25(21)27-24(28)17-29-22-13-11-19(12-14-22)18-7-3-1-4-8-18/h1-15H,17H2,(H,27,28). The van der Waals surface area contributed by atoms with Gasteiger partial charge in [-0.25, -0.2) is 0 Å². The van der Waals surface area contributed by atoms with Gasteiger partial charge in [0.25, 0.3) is 5.91 Å². The Hall–Kier alpha value is -4.30. The molecule has 0 saturated heterocycles. The van der Waals surface area contributed by atoms with Crippen LogP contribution in [0, 0.1) is 11.3 Å². The predicted molar refractivity (Wildman–Crippen MR) is 115 cm³/mol. The fourth-order valence-corrected chi connectivity index (χ4v) is 3.00. The van der Waals surface area contributed by atoms with Crippen LogP contribution in [0.1, 0.15) is 5.56 Å². The van der Waals surface area contributed by atoms with Crippen LogP contribution in [0.4, 0.5) is 5.88 Å². The van der Waals surface area contributed by atoms with E-state index in [0.717, 1.165) is 16.7 Å². The maximum atomic E-state index is 12.3. The third-order valence-corrected chi connectivity index (χ3v) is 4.50. The van der Waals surface area contributed by atoms with Crippen LogP contribution in [0.25, 0.3) is 22.5 Å². The first-order valence-electron chi connectivity index (χ1n) is 9.40. The number of benzene rings is 3. The van der Waals surface area contributed by atoms with Gasteiger partial charge in [-0.15, -0.1) is 0 Å². The number of anilines is 1. The van der Waals surface area contributed by atoms with E-state index < -0.39 is 5.91 Å². The molecule has 0 unspecified atom stereocenters. The fraction of sp³-hybridized carbons (Fsp3) is 0.0400. The Morgan fingerprint density at radius 3 is 2.10 bits per heavy atom. The van der Waals surface area contributed by atoms with E-state index in [1.165, 1.54) is 0 Å². The summed E-state index contributed by atoms with van der Waals surface area (Å²) < 4.78 is 11.2. The molecule has 5 nitrogen and oxygen atoms in total. The van der Waals surface area contributed by atoms with E-state index in [2.05, 4.69) is 5.32 Å². The Morgan fingerprint density at radius 1 is 0.867 bits per heavy atom. The summed E-state index contributed by atoms with van der Waals surface area (Å²) in [5, 5.41) is 11.9. The summed E-state index contributed by atoms with van der Waals surface area (Å²) >= 11 is 0. The summed E-state index contributed by atoms with van der Waals surface area (Å²) in [4.78, 5) is 12.3. The van der Waals surface area contributed by atoms with Gasteiger partial charge in [-0.2, -0.15) is 5.26 Å². The van der Waals surface area contributed by atoms with E-state index in [1.807, 2.05) is 91.0 Å². The Bertz CT molecular complexity index is 1170. The van der Waals surface area contributed by atoms with Crippen molar-refractivity contribution in [3.8, 4) is 34.3 Å². The molecule has 0 aliphatic heterocycles. The molecule has 0 atom stereocenters. The Morgan fingerprint density at radius 2 is 1.47 bits per heavy atom. The van der Waals surface area contributed by atoms with E-state index in [0.29, 0.717) is 11.5 Å². The summed E-state index contributed by atoms with van der Waals surface area (Å²) in [5.41, 5.74) is 3.26. The fourth-order valence-electron chi connectivity index (χ4n) is 3.00. The topological polar surface area (TPSA) is 75.3 Å². The van der Waals surface area contributed by atoms with Gasteiger partial charge in [0.05, 0.1) is 0 Å². The summed E-state index contributed by atoms with van der Waals surface area (Å²) in [6.45, 7) is -0.197. The van der Waals surface area contributed by atoms with Crippen LogP contribution >= 0.6 is 0 Å². The molecule has 3 aromatic carbocycles. The molecule has 4 aromatic rings. The molecule has 4 rings (SSSR count). The van der Waals surface area contributed by atoms with E-state index >= 15 is 0 Å². The maximum Gasteiger partial charge on any atom is 0.264 e. The molecule has 1 amide bonds. The lowest BCUT2D eigenvalue weighted by molar-refractivity contribution is -0.118. The van der Waals surface area contributed by atoms with E-state index in [4.69, 9.17) is 9.15 Å². The summed E-state index contributed by atoms with van der Waals surface area (Å²) in [6.07, 6.45) is 0. The average molecular weight is 394 g/mol. The van der Waals surface area contributed by atoms with E-state index in [9.17, 15) is 10.1 Å². The summed E-state index contributed by atoms with van der Waals surface area (Å²) in [7, 11) is 0. The highest BCUT2D eigenvalue weighted by molar-refractivity contribution is 5.92. The van der Waals surface area contributed by atoms with Gasteiger partial charge in [-0.1, -0.05) is 72.8 Å². The van der Waals surface area contributed by atoms with Crippen molar-refractivity contribution in [3.63, 3.8) is 0 Å². The third kappa shape index (κ3) is 4.40. The maximum absolute atomic E-state index is 12.3. The number of ether oxygens (including phenoxy) is 1. The van der Waals surface area contributed by atoms with Gasteiger partial charge in [-0.3, -0.25) is 10.1 Å². The molecule has 0 spiro atoms. The second-order valence-corrected chi connectivity index (χ2v) is 6.56. The molecule has 1 N–H and O–H groups in total. The van der Waals surface area contributed by atoms with Gasteiger partial charge in [0.15, 0.2) is 6.61 Å². The van der Waals surface area contributed by atoms with Crippen molar-refractivity contribution in [2.24, 2.45) is 0 Å². The minimum absolute atomic E-state index is 0.115. The van der Waals surface area contributed by atoms with Crippen molar-refractivity contribution in [1.29, 1.82) is 5.26 Å². The van der Waals surface area contributed by atoms with Crippen LogP contribution in [-0.4, -0.2) is 12.5 Å². The van der Waals surface area contributed by atoms with E-state index in [-0.39, 0.29) is 18.1 Å². The molecule has 0 radical (unpaired) electrons. The SMILES string of the molecule is N#Cc1cc(-c2ccccc2)oc1NC(=O)COc1ccc(-c2ccccc2)cc1. The number of hydrogen-bond acceptors (Lipinski definition) is 4. The lowest BCUT2D eigenvalue weighted by Gasteiger charge is -2.07. The third-order valence-electron chi connectivity index (χ3n) is 4.50. The van der Waals surface area contributed by atoms with Crippen LogP contribution in [0.3, 0.4) is 0 Å². The molecule has 146 valence electrons. The van der Waals surface area contributed by atoms with Gasteiger partial charge < -0.3 is 9.15 Å². The van der Waals surface area contributed by atoms with Crippen LogP contribution < -0.4 is 10.1 Å². The number of furan rings is 1. The van der Waals surface area contributed by atoms with Gasteiger partial charge in [0.1, 0.15) is 23.1 Å². The van der Waals surface area contributed by atoms with Crippen molar-refractivity contribution >= 4 is 11.8 Å². The van der Waals surface area contributed by atoms with Crippen LogP contribution in [0.15, 0.2) is 95.4 Å². The van der Waals surface area contributed by atoms with Gasteiger partial charge in [-0.05, 0) is 23.3 Å². The predicted octanol–water partition coefficient (Wildman–Crippen LogP) is 5.50. The summed E-state index contributed by atoms with van der Waals surface area (Å²) in [6, 6.07) is 30.5. The lowest BCUT2D eigenvalue weighted by atomic mass is 10.1. The first-order valence-corrected chi connectivity index (χ1v) is 9.40. The molecule has 0 aliphatic carbocycles. The Labute approximate surface area is 174 Å². The zero-order chi connectivity index (χ0) is 20.8. The van der Waals surface area contributed by atoms with Gasteiger partial charge in [0, 0.05) is 11.6 Å². The normalized spacial score (nSPS) is 10.2. The van der Waals surface area contributed by atoms with Crippen molar-refractivity contribution in [2.75, 3.05) is 11.9 Å². The highest BCUT2D eigenvalue weighted by Gasteiger charge is 2.15. The molecule has 5 heteroatoms. The molecule has 1 aromatic heterocycles. The molecular weight excluding hydrogens is 376 g/mol. The minimum atomic E-state index is -0.410. The Kier molecular flexibility index (Phi) is 5.59. The first kappa shape index (κ1) is 19.0. The number of carbonyl (C=O) groups excluding carboxylic acids is 1. The van der Waals surface area contributed by atoms with Crippen molar-refractivity contribution in [2.45, 2.75) is 0 Å². The highest BCUT2D eigenvalue weighted by atomic mass is 16.5. The van der Waals surface area contributed by atoms with Crippen LogP contribution in [0.2, 0.25) is 0 Å². The number of rotatable bonds is 6. The molecule has 0 aliphatic rings. The number of amides is 1. The van der Waals surface area contributed by atoms with Crippen molar-refractivity contribution < 1.29 is 13.9 Å². The molecule has 30 heavy (non-hydrogen) atoms. The number of carbonyl (C=O) groups is 1. The summed E-state index contributed by atoms with van der Waals surface area (Å²) in [5.74, 6) is 0.798. The van der Waals surface area contributed by atoms with Crippen molar-refractivity contribution in [3.05, 3.63) is 96.6 Å². The number of nitrogens with zero attached hydrogens (tertiary/aromatic N) is 1. The zero-order valence-electron chi connectivity index (χ0n) is 16.0. The smallest absolute Gasteiger partial charge is 0.264 e. The molecule has 0 bridgehead atoms. The quantitative estimate of drug-likeness (QED) is 0.468. The minimum Gasteiger partial charge on any atom is -0.484 e. The van der Waals surface area contributed by atoms with Crippen molar-refractivity contribution in [1.82, 2.24) is 0 Å². The second-order valence-electron chi connectivity index (χ2n) is 6.56.